The molecule has 1 saturated heterocycles. The van der Waals surface area contributed by atoms with Crippen LogP contribution in [0, 0.1) is 5.92 Å². The zero-order valence-electron chi connectivity index (χ0n) is 16.6. The molecule has 1 aromatic rings. The SMILES string of the molecule is CCNC(=NCc1ncnn1C)NCC(C)CN1CCN(CC)CC1.I. The van der Waals surface area contributed by atoms with Gasteiger partial charge in [-0.1, -0.05) is 13.8 Å². The van der Waals surface area contributed by atoms with E-state index in [2.05, 4.69) is 56.3 Å². The van der Waals surface area contributed by atoms with Crippen molar-refractivity contribution in [1.29, 1.82) is 0 Å². The molecule has 0 saturated carbocycles. The highest BCUT2D eigenvalue weighted by molar-refractivity contribution is 14.0. The second kappa shape index (κ2) is 12.4. The van der Waals surface area contributed by atoms with E-state index < -0.39 is 0 Å². The molecule has 0 aliphatic carbocycles. The number of aliphatic imine (C=N–C) groups is 1. The van der Waals surface area contributed by atoms with Gasteiger partial charge in [-0.05, 0) is 19.4 Å². The number of hydrogen-bond acceptors (Lipinski definition) is 5. The van der Waals surface area contributed by atoms with Gasteiger partial charge in [0, 0.05) is 52.9 Å². The molecule has 8 nitrogen and oxygen atoms in total. The van der Waals surface area contributed by atoms with Crippen molar-refractivity contribution in [1.82, 2.24) is 35.2 Å². The number of piperazine rings is 1. The number of hydrogen-bond donors (Lipinski definition) is 2. The number of likely N-dealkylation sites (N-methyl/N-ethyl adjacent to an activating group) is 1. The van der Waals surface area contributed by atoms with Crippen LogP contribution in [-0.2, 0) is 13.6 Å². The first-order valence-corrected chi connectivity index (χ1v) is 9.42. The van der Waals surface area contributed by atoms with E-state index in [1.165, 1.54) is 32.7 Å². The molecule has 1 atom stereocenters. The third kappa shape index (κ3) is 7.75. The Hall–Kier alpha value is -0.940. The van der Waals surface area contributed by atoms with Gasteiger partial charge in [0.2, 0.25) is 0 Å². The van der Waals surface area contributed by atoms with Crippen molar-refractivity contribution < 1.29 is 0 Å². The molecule has 1 aliphatic rings. The highest BCUT2D eigenvalue weighted by atomic mass is 127. The van der Waals surface area contributed by atoms with Crippen LogP contribution < -0.4 is 10.6 Å². The normalized spacial score (nSPS) is 17.6. The molecule has 9 heteroatoms. The van der Waals surface area contributed by atoms with Crippen LogP contribution in [0.3, 0.4) is 0 Å². The van der Waals surface area contributed by atoms with Crippen molar-refractivity contribution in [3.63, 3.8) is 0 Å². The minimum atomic E-state index is 0. The number of rotatable bonds is 8. The van der Waals surface area contributed by atoms with Crippen molar-refractivity contribution in [3.05, 3.63) is 12.2 Å². The lowest BCUT2D eigenvalue weighted by Crippen LogP contribution is -2.48. The van der Waals surface area contributed by atoms with Crippen LogP contribution in [0.25, 0.3) is 0 Å². The Morgan fingerprint density at radius 1 is 1.19 bits per heavy atom. The van der Waals surface area contributed by atoms with E-state index in [4.69, 9.17) is 0 Å². The maximum absolute atomic E-state index is 4.61. The van der Waals surface area contributed by atoms with E-state index in [9.17, 15) is 0 Å². The minimum Gasteiger partial charge on any atom is -0.357 e. The summed E-state index contributed by atoms with van der Waals surface area (Å²) in [5, 5.41) is 10.8. The Balaban J connectivity index is 0.00000338. The molecule has 0 aromatic carbocycles. The molecule has 0 bridgehead atoms. The van der Waals surface area contributed by atoms with Gasteiger partial charge >= 0.3 is 0 Å². The maximum atomic E-state index is 4.61. The fraction of sp³-hybridized carbons (Fsp3) is 0.824. The van der Waals surface area contributed by atoms with Crippen molar-refractivity contribution in [2.24, 2.45) is 18.0 Å². The molecule has 1 aromatic heterocycles. The molecular weight excluding hydrogens is 443 g/mol. The summed E-state index contributed by atoms with van der Waals surface area (Å²) in [7, 11) is 1.89. The second-order valence-corrected chi connectivity index (χ2v) is 6.72. The molecule has 26 heavy (non-hydrogen) atoms. The van der Waals surface area contributed by atoms with Gasteiger partial charge in [0.25, 0.3) is 0 Å². The van der Waals surface area contributed by atoms with Crippen LogP contribution in [0.2, 0.25) is 0 Å². The summed E-state index contributed by atoms with van der Waals surface area (Å²) in [5.74, 6) is 2.28. The Morgan fingerprint density at radius 3 is 2.46 bits per heavy atom. The van der Waals surface area contributed by atoms with Gasteiger partial charge in [-0.2, -0.15) is 5.10 Å². The molecule has 1 fully saturated rings. The number of nitrogens with zero attached hydrogens (tertiary/aromatic N) is 6. The zero-order chi connectivity index (χ0) is 18.1. The molecule has 0 radical (unpaired) electrons. The number of halogens is 1. The summed E-state index contributed by atoms with van der Waals surface area (Å²) in [6, 6.07) is 0. The zero-order valence-corrected chi connectivity index (χ0v) is 18.9. The lowest BCUT2D eigenvalue weighted by atomic mass is 10.1. The van der Waals surface area contributed by atoms with Crippen molar-refractivity contribution in [3.8, 4) is 0 Å². The summed E-state index contributed by atoms with van der Waals surface area (Å²) >= 11 is 0. The Labute approximate surface area is 174 Å². The van der Waals surface area contributed by atoms with Gasteiger partial charge in [0.1, 0.15) is 18.7 Å². The summed E-state index contributed by atoms with van der Waals surface area (Å²) in [6.45, 7) is 15.9. The van der Waals surface area contributed by atoms with Gasteiger partial charge in [-0.15, -0.1) is 24.0 Å². The first-order chi connectivity index (χ1) is 12.1. The molecule has 150 valence electrons. The van der Waals surface area contributed by atoms with Crippen LogP contribution in [0.4, 0.5) is 0 Å². The average Bonchev–Trinajstić information content (AvgIpc) is 3.03. The van der Waals surface area contributed by atoms with Crippen LogP contribution in [0.15, 0.2) is 11.3 Å². The van der Waals surface area contributed by atoms with E-state index in [0.29, 0.717) is 12.5 Å². The highest BCUT2D eigenvalue weighted by Crippen LogP contribution is 2.05. The van der Waals surface area contributed by atoms with E-state index in [0.717, 1.165) is 31.4 Å². The van der Waals surface area contributed by atoms with Gasteiger partial charge in [0.05, 0.1) is 0 Å². The van der Waals surface area contributed by atoms with Gasteiger partial charge in [0.15, 0.2) is 5.96 Å². The summed E-state index contributed by atoms with van der Waals surface area (Å²) < 4.78 is 1.76. The van der Waals surface area contributed by atoms with Crippen LogP contribution in [0.5, 0.6) is 0 Å². The van der Waals surface area contributed by atoms with Crippen LogP contribution in [-0.4, -0.2) is 82.9 Å². The molecule has 0 amide bonds. The first-order valence-electron chi connectivity index (χ1n) is 9.42. The minimum absolute atomic E-state index is 0. The second-order valence-electron chi connectivity index (χ2n) is 6.72. The maximum Gasteiger partial charge on any atom is 0.191 e. The first kappa shape index (κ1) is 23.1. The fourth-order valence-electron chi connectivity index (χ4n) is 3.02. The lowest BCUT2D eigenvalue weighted by Gasteiger charge is -2.35. The number of nitrogens with one attached hydrogen (secondary N) is 2. The van der Waals surface area contributed by atoms with Crippen molar-refractivity contribution in [2.75, 3.05) is 52.4 Å². The van der Waals surface area contributed by atoms with Crippen molar-refractivity contribution in [2.45, 2.75) is 27.3 Å². The average molecular weight is 478 g/mol. The molecule has 2 rings (SSSR count). The lowest BCUT2D eigenvalue weighted by molar-refractivity contribution is 0.124. The molecular formula is C17H35IN8. The van der Waals surface area contributed by atoms with E-state index in [-0.39, 0.29) is 24.0 Å². The molecule has 0 spiro atoms. The van der Waals surface area contributed by atoms with E-state index in [1.54, 1.807) is 11.0 Å². The quantitative estimate of drug-likeness (QED) is 0.327. The third-order valence-electron chi connectivity index (χ3n) is 4.63. The summed E-state index contributed by atoms with van der Waals surface area (Å²) in [4.78, 5) is 13.9. The van der Waals surface area contributed by atoms with Gasteiger partial charge in [-0.25, -0.2) is 9.98 Å². The van der Waals surface area contributed by atoms with Gasteiger partial charge < -0.3 is 20.4 Å². The Morgan fingerprint density at radius 2 is 1.88 bits per heavy atom. The third-order valence-corrected chi connectivity index (χ3v) is 4.63. The predicted octanol–water partition coefficient (Wildman–Crippen LogP) is 0.762. The van der Waals surface area contributed by atoms with Crippen LogP contribution in [0.1, 0.15) is 26.6 Å². The largest absolute Gasteiger partial charge is 0.357 e. The van der Waals surface area contributed by atoms with E-state index >= 15 is 0 Å². The fourth-order valence-corrected chi connectivity index (χ4v) is 3.02. The number of guanidine groups is 1. The Kier molecular flexibility index (Phi) is 11.1. The number of aromatic nitrogens is 3. The number of aryl methyl sites for hydroxylation is 1. The Bertz CT molecular complexity index is 525. The van der Waals surface area contributed by atoms with E-state index in [1.807, 2.05) is 7.05 Å². The summed E-state index contributed by atoms with van der Waals surface area (Å²) in [6.07, 6.45) is 1.56. The molecule has 1 unspecified atom stereocenters. The van der Waals surface area contributed by atoms with Gasteiger partial charge in [-0.3, -0.25) is 4.68 Å². The topological polar surface area (TPSA) is 73.6 Å². The smallest absolute Gasteiger partial charge is 0.191 e. The standard InChI is InChI=1S/C17H34N8.HI/c1-5-18-17(20-12-16-21-14-22-23(16)4)19-11-15(3)13-25-9-7-24(6-2)8-10-25;/h14-15H,5-13H2,1-4H3,(H2,18,19,20);1H. The van der Waals surface area contributed by atoms with Crippen molar-refractivity contribution >= 4 is 29.9 Å². The highest BCUT2D eigenvalue weighted by Gasteiger charge is 2.17. The predicted molar refractivity (Wildman–Crippen MR) is 117 cm³/mol. The monoisotopic (exact) mass is 478 g/mol. The molecule has 1 aliphatic heterocycles. The molecule has 2 heterocycles. The summed E-state index contributed by atoms with van der Waals surface area (Å²) in [5.41, 5.74) is 0. The van der Waals surface area contributed by atoms with Crippen LogP contribution >= 0.6 is 24.0 Å². The molecule has 2 N–H and O–H groups in total.